The summed E-state index contributed by atoms with van der Waals surface area (Å²) >= 11 is 0. The fourth-order valence-electron chi connectivity index (χ4n) is 2.35. The van der Waals surface area contributed by atoms with Gasteiger partial charge in [0.15, 0.2) is 0 Å². The van der Waals surface area contributed by atoms with E-state index in [1.54, 1.807) is 23.3 Å². The van der Waals surface area contributed by atoms with Gasteiger partial charge >= 0.3 is 0 Å². The van der Waals surface area contributed by atoms with Crippen molar-refractivity contribution >= 4 is 0 Å². The third-order valence-electron chi connectivity index (χ3n) is 3.47. The minimum Gasteiger partial charge on any atom is -0.387 e. The zero-order valence-electron chi connectivity index (χ0n) is 11.6. The summed E-state index contributed by atoms with van der Waals surface area (Å²) in [6.45, 7) is 0. The third kappa shape index (κ3) is 3.17. The molecule has 3 aromatic rings. The molecule has 0 spiro atoms. The van der Waals surface area contributed by atoms with E-state index in [-0.39, 0.29) is 0 Å². The summed E-state index contributed by atoms with van der Waals surface area (Å²) in [4.78, 5) is 4.00. The molecule has 1 unspecified atom stereocenters. The van der Waals surface area contributed by atoms with Gasteiger partial charge in [0.2, 0.25) is 0 Å². The highest BCUT2D eigenvalue weighted by molar-refractivity contribution is 5.32. The lowest BCUT2D eigenvalue weighted by molar-refractivity contribution is 0.160. The lowest BCUT2D eigenvalue weighted by Crippen LogP contribution is -2.08. The first-order valence-electron chi connectivity index (χ1n) is 7.01. The molecule has 0 saturated heterocycles. The van der Waals surface area contributed by atoms with Gasteiger partial charge in [-0.25, -0.2) is 4.68 Å². The summed E-state index contributed by atoms with van der Waals surface area (Å²) in [5.74, 6) is 0. The zero-order chi connectivity index (χ0) is 14.5. The van der Waals surface area contributed by atoms with E-state index in [1.165, 1.54) is 5.56 Å². The zero-order valence-corrected chi connectivity index (χ0v) is 11.6. The molecule has 0 bridgehead atoms. The number of aryl methyl sites for hydroxylation is 1. The molecule has 1 aromatic carbocycles. The number of hydrogen-bond donors (Lipinski definition) is 1. The molecule has 2 heterocycles. The lowest BCUT2D eigenvalue weighted by atomic mass is 10.1. The Morgan fingerprint density at radius 2 is 1.71 bits per heavy atom. The van der Waals surface area contributed by atoms with E-state index < -0.39 is 6.10 Å². The van der Waals surface area contributed by atoms with E-state index in [4.69, 9.17) is 0 Å². The van der Waals surface area contributed by atoms with E-state index in [0.717, 1.165) is 17.8 Å². The number of aliphatic hydroxyl groups excluding tert-OH is 1. The standard InChI is InChI=1S/C17H17N3O/c21-17(7-6-14-8-11-18-12-9-14)16-10-13-19-20(16)15-4-2-1-3-5-15/h1-5,8-13,17,21H,6-7H2. The summed E-state index contributed by atoms with van der Waals surface area (Å²) in [6, 6.07) is 15.7. The van der Waals surface area contributed by atoms with Crippen molar-refractivity contribution in [2.45, 2.75) is 18.9 Å². The topological polar surface area (TPSA) is 50.9 Å². The van der Waals surface area contributed by atoms with Crippen LogP contribution in [0.1, 0.15) is 23.8 Å². The molecule has 3 rings (SSSR count). The van der Waals surface area contributed by atoms with Gasteiger partial charge < -0.3 is 5.11 Å². The predicted molar refractivity (Wildman–Crippen MR) is 81.1 cm³/mol. The monoisotopic (exact) mass is 279 g/mol. The van der Waals surface area contributed by atoms with Gasteiger partial charge in [0.1, 0.15) is 0 Å². The van der Waals surface area contributed by atoms with Crippen LogP contribution < -0.4 is 0 Å². The van der Waals surface area contributed by atoms with Gasteiger partial charge in [-0.1, -0.05) is 18.2 Å². The van der Waals surface area contributed by atoms with Gasteiger partial charge in [-0.05, 0) is 48.7 Å². The Kier molecular flexibility index (Phi) is 4.07. The van der Waals surface area contributed by atoms with Crippen LogP contribution in [0.4, 0.5) is 0 Å². The molecular weight excluding hydrogens is 262 g/mol. The van der Waals surface area contributed by atoms with Crippen molar-refractivity contribution in [3.8, 4) is 5.69 Å². The summed E-state index contributed by atoms with van der Waals surface area (Å²) in [6.07, 6.45) is 6.19. The molecule has 0 fully saturated rings. The van der Waals surface area contributed by atoms with Crippen LogP contribution >= 0.6 is 0 Å². The molecule has 1 N–H and O–H groups in total. The second-order valence-corrected chi connectivity index (χ2v) is 4.91. The number of rotatable bonds is 5. The van der Waals surface area contributed by atoms with Crippen molar-refractivity contribution in [1.29, 1.82) is 0 Å². The maximum Gasteiger partial charge on any atom is 0.0964 e. The molecule has 0 saturated carbocycles. The largest absolute Gasteiger partial charge is 0.387 e. The molecule has 21 heavy (non-hydrogen) atoms. The first-order valence-corrected chi connectivity index (χ1v) is 7.01. The van der Waals surface area contributed by atoms with E-state index in [1.807, 2.05) is 48.5 Å². The Bertz CT molecular complexity index is 680. The fraction of sp³-hybridized carbons (Fsp3) is 0.176. The van der Waals surface area contributed by atoms with Crippen molar-refractivity contribution in [3.05, 3.63) is 78.4 Å². The highest BCUT2D eigenvalue weighted by Gasteiger charge is 2.14. The Labute approximate surface area is 123 Å². The molecule has 0 radical (unpaired) electrons. The van der Waals surface area contributed by atoms with Crippen molar-refractivity contribution in [1.82, 2.24) is 14.8 Å². The molecular formula is C17H17N3O. The van der Waals surface area contributed by atoms with Crippen molar-refractivity contribution in [2.24, 2.45) is 0 Å². The second-order valence-electron chi connectivity index (χ2n) is 4.91. The van der Waals surface area contributed by atoms with Gasteiger partial charge in [-0.3, -0.25) is 4.98 Å². The molecule has 0 aliphatic rings. The van der Waals surface area contributed by atoms with Crippen LogP contribution in [0.15, 0.2) is 67.1 Å². The molecule has 1 atom stereocenters. The lowest BCUT2D eigenvalue weighted by Gasteiger charge is -2.13. The van der Waals surface area contributed by atoms with Crippen LogP contribution in [-0.2, 0) is 6.42 Å². The van der Waals surface area contributed by atoms with Crippen LogP contribution in [0.25, 0.3) is 5.69 Å². The number of hydrogen-bond acceptors (Lipinski definition) is 3. The third-order valence-corrected chi connectivity index (χ3v) is 3.47. The van der Waals surface area contributed by atoms with Crippen molar-refractivity contribution in [2.75, 3.05) is 0 Å². The van der Waals surface area contributed by atoms with E-state index in [0.29, 0.717) is 6.42 Å². The number of nitrogens with zero attached hydrogens (tertiary/aromatic N) is 3. The van der Waals surface area contributed by atoms with Gasteiger partial charge in [0.05, 0.1) is 17.5 Å². The average Bonchev–Trinajstić information content (AvgIpc) is 3.04. The summed E-state index contributed by atoms with van der Waals surface area (Å²) in [5, 5.41) is 14.7. The second kappa shape index (κ2) is 6.33. The summed E-state index contributed by atoms with van der Waals surface area (Å²) in [7, 11) is 0. The van der Waals surface area contributed by atoms with E-state index in [2.05, 4.69) is 10.1 Å². The van der Waals surface area contributed by atoms with Crippen molar-refractivity contribution < 1.29 is 5.11 Å². The van der Waals surface area contributed by atoms with E-state index in [9.17, 15) is 5.11 Å². The summed E-state index contributed by atoms with van der Waals surface area (Å²) in [5.41, 5.74) is 2.95. The Morgan fingerprint density at radius 3 is 2.48 bits per heavy atom. The number of aromatic nitrogens is 3. The predicted octanol–water partition coefficient (Wildman–Crippen LogP) is 2.93. The van der Waals surface area contributed by atoms with Gasteiger partial charge in [-0.2, -0.15) is 5.10 Å². The molecule has 0 amide bonds. The first-order chi connectivity index (χ1) is 10.3. The SMILES string of the molecule is OC(CCc1ccncc1)c1ccnn1-c1ccccc1. The maximum absolute atomic E-state index is 10.4. The van der Waals surface area contributed by atoms with Crippen molar-refractivity contribution in [3.63, 3.8) is 0 Å². The van der Waals surface area contributed by atoms with Crippen LogP contribution in [-0.4, -0.2) is 19.9 Å². The molecule has 106 valence electrons. The molecule has 4 nitrogen and oxygen atoms in total. The van der Waals surface area contributed by atoms with Crippen LogP contribution in [0, 0.1) is 0 Å². The number of pyridine rings is 1. The molecule has 0 aliphatic heterocycles. The minimum atomic E-state index is -0.541. The molecule has 4 heteroatoms. The smallest absolute Gasteiger partial charge is 0.0964 e. The fourth-order valence-corrected chi connectivity index (χ4v) is 2.35. The highest BCUT2D eigenvalue weighted by Crippen LogP contribution is 2.21. The number of para-hydroxylation sites is 1. The minimum absolute atomic E-state index is 0.541. The summed E-state index contributed by atoms with van der Waals surface area (Å²) < 4.78 is 1.79. The van der Waals surface area contributed by atoms with Crippen LogP contribution in [0.5, 0.6) is 0 Å². The number of benzene rings is 1. The first kappa shape index (κ1) is 13.5. The van der Waals surface area contributed by atoms with Gasteiger partial charge in [-0.15, -0.1) is 0 Å². The number of aliphatic hydroxyl groups is 1. The quantitative estimate of drug-likeness (QED) is 0.781. The van der Waals surface area contributed by atoms with Crippen LogP contribution in [0.3, 0.4) is 0 Å². The van der Waals surface area contributed by atoms with Gasteiger partial charge in [0, 0.05) is 18.6 Å². The van der Waals surface area contributed by atoms with Gasteiger partial charge in [0.25, 0.3) is 0 Å². The van der Waals surface area contributed by atoms with E-state index >= 15 is 0 Å². The maximum atomic E-state index is 10.4. The Hall–Kier alpha value is -2.46. The highest BCUT2D eigenvalue weighted by atomic mass is 16.3. The average molecular weight is 279 g/mol. The Morgan fingerprint density at radius 1 is 0.952 bits per heavy atom. The normalized spacial score (nSPS) is 12.2. The molecule has 0 aliphatic carbocycles. The van der Waals surface area contributed by atoms with Crippen LogP contribution in [0.2, 0.25) is 0 Å². The Balaban J connectivity index is 1.74. The molecule has 2 aromatic heterocycles.